The summed E-state index contributed by atoms with van der Waals surface area (Å²) in [7, 11) is 0. The second kappa shape index (κ2) is 11.4. The molecule has 0 spiro atoms. The molecule has 0 saturated carbocycles. The van der Waals surface area contributed by atoms with Crippen LogP contribution in [0.4, 0.5) is 26.3 Å². The molecule has 1 aliphatic heterocycles. The number of carbonyl (C=O) groups is 1. The molecule has 1 heterocycles. The largest absolute Gasteiger partial charge is 0.481 e. The number of nitrogens with zero attached hydrogens (tertiary/aromatic N) is 1. The molecule has 0 aromatic heterocycles. The highest BCUT2D eigenvalue weighted by Gasteiger charge is 2.32. The first kappa shape index (κ1) is 28.7. The first-order valence-electron chi connectivity index (χ1n) is 12.8. The van der Waals surface area contributed by atoms with E-state index in [1.165, 1.54) is 24.3 Å². The normalized spacial score (nSPS) is 17.7. The number of piperidine rings is 1. The van der Waals surface area contributed by atoms with Gasteiger partial charge in [0, 0.05) is 12.6 Å². The molecule has 1 aliphatic rings. The van der Waals surface area contributed by atoms with Crippen LogP contribution in [-0.4, -0.2) is 29.1 Å². The summed E-state index contributed by atoms with van der Waals surface area (Å²) in [5, 5.41) is 9.39. The predicted octanol–water partition coefficient (Wildman–Crippen LogP) is 8.35. The quantitative estimate of drug-likeness (QED) is 0.301. The molecule has 0 bridgehead atoms. The highest BCUT2D eigenvalue weighted by molar-refractivity contribution is 5.73. The summed E-state index contributed by atoms with van der Waals surface area (Å²) in [6, 6.07) is 15.4. The molecule has 3 aromatic rings. The van der Waals surface area contributed by atoms with E-state index in [0.717, 1.165) is 54.8 Å². The van der Waals surface area contributed by atoms with Crippen molar-refractivity contribution in [2.24, 2.45) is 0 Å². The highest BCUT2D eigenvalue weighted by Crippen LogP contribution is 2.37. The molecule has 3 aromatic carbocycles. The van der Waals surface area contributed by atoms with Gasteiger partial charge >= 0.3 is 18.3 Å². The van der Waals surface area contributed by atoms with Crippen molar-refractivity contribution < 1.29 is 36.2 Å². The van der Waals surface area contributed by atoms with Crippen molar-refractivity contribution >= 4 is 5.97 Å². The number of halogens is 6. The zero-order chi connectivity index (χ0) is 28.4. The molecule has 9 heteroatoms. The molecular weight excluding hydrogens is 520 g/mol. The van der Waals surface area contributed by atoms with Crippen molar-refractivity contribution in [2.75, 3.05) is 13.1 Å². The Morgan fingerprint density at radius 3 is 2.03 bits per heavy atom. The summed E-state index contributed by atoms with van der Waals surface area (Å²) in [5.41, 5.74) is 2.01. The van der Waals surface area contributed by atoms with E-state index in [2.05, 4.69) is 4.90 Å². The molecular formula is C30H29F6NO2. The van der Waals surface area contributed by atoms with E-state index in [1.807, 2.05) is 19.1 Å². The number of rotatable bonds is 7. The molecule has 0 amide bonds. The Balaban J connectivity index is 1.62. The number of alkyl halides is 6. The maximum Gasteiger partial charge on any atom is 0.416 e. The smallest absolute Gasteiger partial charge is 0.416 e. The Kier molecular flexibility index (Phi) is 8.39. The summed E-state index contributed by atoms with van der Waals surface area (Å²) in [4.78, 5) is 13.7. The van der Waals surface area contributed by atoms with Gasteiger partial charge in [0.25, 0.3) is 0 Å². The molecule has 4 rings (SSSR count). The number of carboxylic acids is 1. The van der Waals surface area contributed by atoms with Gasteiger partial charge in [0.15, 0.2) is 0 Å². The van der Waals surface area contributed by atoms with E-state index in [1.54, 1.807) is 6.07 Å². The fourth-order valence-corrected chi connectivity index (χ4v) is 5.41. The van der Waals surface area contributed by atoms with Crippen molar-refractivity contribution in [2.45, 2.75) is 56.9 Å². The van der Waals surface area contributed by atoms with Gasteiger partial charge in [-0.05, 0) is 83.8 Å². The maximum atomic E-state index is 13.0. The van der Waals surface area contributed by atoms with Crippen molar-refractivity contribution in [3.8, 4) is 11.1 Å². The lowest BCUT2D eigenvalue weighted by Crippen LogP contribution is -2.37. The van der Waals surface area contributed by atoms with Crippen LogP contribution < -0.4 is 0 Å². The molecule has 1 N–H and O–H groups in total. The van der Waals surface area contributed by atoms with Crippen LogP contribution in [0.3, 0.4) is 0 Å². The van der Waals surface area contributed by atoms with E-state index in [-0.39, 0.29) is 18.4 Å². The second-order valence-corrected chi connectivity index (χ2v) is 9.99. The lowest BCUT2D eigenvalue weighted by Gasteiger charge is -2.39. The minimum Gasteiger partial charge on any atom is -0.481 e. The SMILES string of the molecule is CCC(c1ccc(C(F)(F)F)cc1)N1CCCC(c2cc(CC(=O)O)cc(-c3ccc(C(F)(F)F)cc3)c2)C1. The van der Waals surface area contributed by atoms with Crippen LogP contribution in [-0.2, 0) is 23.6 Å². The van der Waals surface area contributed by atoms with Crippen LogP contribution in [0.25, 0.3) is 11.1 Å². The van der Waals surface area contributed by atoms with Crippen molar-refractivity contribution in [3.05, 3.63) is 94.5 Å². The summed E-state index contributed by atoms with van der Waals surface area (Å²) in [6.07, 6.45) is -6.69. The molecule has 2 atom stereocenters. The average molecular weight is 550 g/mol. The van der Waals surface area contributed by atoms with E-state index < -0.39 is 29.4 Å². The van der Waals surface area contributed by atoms with Crippen LogP contribution in [0.1, 0.15) is 66.0 Å². The zero-order valence-electron chi connectivity index (χ0n) is 21.3. The third kappa shape index (κ3) is 7.01. The van der Waals surface area contributed by atoms with Crippen LogP contribution in [0.5, 0.6) is 0 Å². The maximum absolute atomic E-state index is 13.0. The van der Waals surface area contributed by atoms with E-state index in [9.17, 15) is 36.2 Å². The van der Waals surface area contributed by atoms with Gasteiger partial charge in [-0.3, -0.25) is 9.69 Å². The van der Waals surface area contributed by atoms with Gasteiger partial charge in [-0.25, -0.2) is 0 Å². The Morgan fingerprint density at radius 2 is 1.49 bits per heavy atom. The fourth-order valence-electron chi connectivity index (χ4n) is 5.41. The first-order valence-corrected chi connectivity index (χ1v) is 12.8. The van der Waals surface area contributed by atoms with Crippen molar-refractivity contribution in [1.82, 2.24) is 4.90 Å². The lowest BCUT2D eigenvalue weighted by atomic mass is 9.85. The summed E-state index contributed by atoms with van der Waals surface area (Å²) in [5.74, 6) is -0.978. The lowest BCUT2D eigenvalue weighted by molar-refractivity contribution is -0.138. The van der Waals surface area contributed by atoms with E-state index in [0.29, 0.717) is 29.7 Å². The van der Waals surface area contributed by atoms with Crippen molar-refractivity contribution in [3.63, 3.8) is 0 Å². The van der Waals surface area contributed by atoms with Gasteiger partial charge in [-0.2, -0.15) is 26.3 Å². The number of benzene rings is 3. The van der Waals surface area contributed by atoms with Gasteiger partial charge in [0.05, 0.1) is 17.5 Å². The third-order valence-corrected chi connectivity index (χ3v) is 7.29. The number of likely N-dealkylation sites (tertiary alicyclic amines) is 1. The standard InChI is InChI=1S/C30H29F6NO2/c1-2-27(21-7-11-26(12-8-21)30(34,35)36)37-13-3-4-22(18-37)24-15-19(16-28(38)39)14-23(17-24)20-5-9-25(10-6-20)29(31,32)33/h5-12,14-15,17,22,27H,2-4,13,16,18H2,1H3,(H,38,39). The Labute approximate surface area is 223 Å². The van der Waals surface area contributed by atoms with Crippen LogP contribution in [0.2, 0.25) is 0 Å². The molecule has 0 aliphatic carbocycles. The average Bonchev–Trinajstić information content (AvgIpc) is 2.88. The van der Waals surface area contributed by atoms with Crippen molar-refractivity contribution in [1.29, 1.82) is 0 Å². The topological polar surface area (TPSA) is 40.5 Å². The zero-order valence-corrected chi connectivity index (χ0v) is 21.3. The monoisotopic (exact) mass is 549 g/mol. The minimum absolute atomic E-state index is 0.0317. The molecule has 1 saturated heterocycles. The number of aliphatic carboxylic acids is 1. The number of carboxylic acid groups (broad SMARTS) is 1. The Bertz CT molecular complexity index is 1280. The van der Waals surface area contributed by atoms with Gasteiger partial charge < -0.3 is 5.11 Å². The highest BCUT2D eigenvalue weighted by atomic mass is 19.4. The van der Waals surface area contributed by atoms with Crippen LogP contribution >= 0.6 is 0 Å². The van der Waals surface area contributed by atoms with Gasteiger partial charge in [-0.15, -0.1) is 0 Å². The summed E-state index contributed by atoms with van der Waals surface area (Å²) >= 11 is 0. The number of hydrogen-bond donors (Lipinski definition) is 1. The molecule has 3 nitrogen and oxygen atoms in total. The molecule has 0 radical (unpaired) electrons. The number of hydrogen-bond acceptors (Lipinski definition) is 2. The second-order valence-electron chi connectivity index (χ2n) is 9.99. The Hall–Kier alpha value is -3.33. The molecule has 2 unspecified atom stereocenters. The van der Waals surface area contributed by atoms with Crippen LogP contribution in [0, 0.1) is 0 Å². The van der Waals surface area contributed by atoms with Gasteiger partial charge in [-0.1, -0.05) is 49.4 Å². The van der Waals surface area contributed by atoms with Gasteiger partial charge in [0.2, 0.25) is 0 Å². The predicted molar refractivity (Wildman–Crippen MR) is 136 cm³/mol. The third-order valence-electron chi connectivity index (χ3n) is 7.29. The Morgan fingerprint density at radius 1 is 0.897 bits per heavy atom. The molecule has 39 heavy (non-hydrogen) atoms. The summed E-state index contributed by atoms with van der Waals surface area (Å²) < 4.78 is 78.2. The van der Waals surface area contributed by atoms with E-state index in [4.69, 9.17) is 0 Å². The fraction of sp³-hybridized carbons (Fsp3) is 0.367. The minimum atomic E-state index is -4.46. The molecule has 208 valence electrons. The summed E-state index contributed by atoms with van der Waals surface area (Å²) in [6.45, 7) is 3.39. The first-order chi connectivity index (χ1) is 18.3. The van der Waals surface area contributed by atoms with E-state index >= 15 is 0 Å². The van der Waals surface area contributed by atoms with Gasteiger partial charge in [0.1, 0.15) is 0 Å². The van der Waals surface area contributed by atoms with Crippen LogP contribution in [0.15, 0.2) is 66.7 Å². The molecule has 1 fully saturated rings.